The third kappa shape index (κ3) is 4.38. The van der Waals surface area contributed by atoms with E-state index in [1.165, 1.54) is 7.11 Å². The number of rotatable bonds is 6. The number of amides is 1. The highest BCUT2D eigenvalue weighted by Gasteiger charge is 2.14. The van der Waals surface area contributed by atoms with E-state index < -0.39 is 17.5 Å². The minimum absolute atomic E-state index is 0.0642. The van der Waals surface area contributed by atoms with Crippen molar-refractivity contribution in [2.45, 2.75) is 12.5 Å². The van der Waals surface area contributed by atoms with Gasteiger partial charge >= 0.3 is 0 Å². The number of ether oxygens (including phenoxy) is 1. The zero-order valence-corrected chi connectivity index (χ0v) is 10.1. The van der Waals surface area contributed by atoms with Gasteiger partial charge in [-0.1, -0.05) is 0 Å². The first-order valence-corrected chi connectivity index (χ1v) is 5.52. The van der Waals surface area contributed by atoms with Crippen LogP contribution in [-0.4, -0.2) is 32.2 Å². The van der Waals surface area contributed by atoms with Crippen LogP contribution in [0.1, 0.15) is 16.8 Å². The molecule has 0 aromatic heterocycles. The van der Waals surface area contributed by atoms with Gasteiger partial charge in [-0.15, -0.1) is 0 Å². The summed E-state index contributed by atoms with van der Waals surface area (Å²) >= 11 is 0. The van der Waals surface area contributed by atoms with Gasteiger partial charge in [0.2, 0.25) is 0 Å². The molecule has 0 aliphatic rings. The number of nitrogens with two attached hydrogens (primary N) is 1. The molecule has 1 aromatic carbocycles. The molecule has 4 nitrogen and oxygen atoms in total. The van der Waals surface area contributed by atoms with E-state index in [0.29, 0.717) is 25.6 Å². The second kappa shape index (κ2) is 7.03. The average molecular weight is 258 g/mol. The summed E-state index contributed by atoms with van der Waals surface area (Å²) in [7, 11) is 1.50. The van der Waals surface area contributed by atoms with E-state index in [2.05, 4.69) is 5.32 Å². The van der Waals surface area contributed by atoms with Crippen LogP contribution in [-0.2, 0) is 4.74 Å². The molecule has 1 atom stereocenters. The fourth-order valence-corrected chi connectivity index (χ4v) is 1.55. The Morgan fingerprint density at radius 3 is 2.50 bits per heavy atom. The molecular formula is C12H16F2N2O2. The Hall–Kier alpha value is -1.53. The van der Waals surface area contributed by atoms with E-state index >= 15 is 0 Å². The number of halogens is 2. The van der Waals surface area contributed by atoms with E-state index in [1.54, 1.807) is 0 Å². The van der Waals surface area contributed by atoms with Crippen LogP contribution in [0.2, 0.25) is 0 Å². The average Bonchev–Trinajstić information content (AvgIpc) is 2.28. The molecular weight excluding hydrogens is 242 g/mol. The number of nitrogens with one attached hydrogen (secondary N) is 1. The predicted molar refractivity (Wildman–Crippen MR) is 63.2 cm³/mol. The van der Waals surface area contributed by atoms with E-state index in [1.807, 2.05) is 0 Å². The molecule has 3 N–H and O–H groups in total. The molecule has 0 aliphatic heterocycles. The number of methoxy groups -OCH3 is 1. The van der Waals surface area contributed by atoms with Gasteiger partial charge in [0.15, 0.2) is 0 Å². The molecule has 0 radical (unpaired) electrons. The van der Waals surface area contributed by atoms with Gasteiger partial charge in [-0.25, -0.2) is 8.78 Å². The number of hydrogen-bond donors (Lipinski definition) is 2. The highest BCUT2D eigenvalue weighted by atomic mass is 19.1. The number of carbonyl (C=O) groups excluding carboxylic acids is 1. The Bertz CT molecular complexity index is 387. The smallest absolute Gasteiger partial charge is 0.251 e. The lowest BCUT2D eigenvalue weighted by Crippen LogP contribution is -2.39. The molecule has 6 heteroatoms. The zero-order valence-electron chi connectivity index (χ0n) is 10.1. The van der Waals surface area contributed by atoms with Crippen molar-refractivity contribution in [3.63, 3.8) is 0 Å². The van der Waals surface area contributed by atoms with Gasteiger partial charge in [0.05, 0.1) is 12.6 Å². The van der Waals surface area contributed by atoms with Crippen molar-refractivity contribution in [3.8, 4) is 0 Å². The number of hydrogen-bond acceptors (Lipinski definition) is 3. The minimum atomic E-state index is -0.790. The van der Waals surface area contributed by atoms with E-state index in [9.17, 15) is 13.6 Å². The summed E-state index contributed by atoms with van der Waals surface area (Å²) in [4.78, 5) is 11.8. The van der Waals surface area contributed by atoms with Crippen molar-refractivity contribution in [3.05, 3.63) is 35.4 Å². The summed E-state index contributed by atoms with van der Waals surface area (Å²) in [6.07, 6.45) is 0.525. The normalized spacial score (nSPS) is 12.2. The Balaban J connectivity index is 2.73. The molecule has 0 spiro atoms. The zero-order chi connectivity index (χ0) is 13.5. The van der Waals surface area contributed by atoms with Gasteiger partial charge in [-0.3, -0.25) is 4.79 Å². The largest absolute Gasteiger partial charge is 0.383 e. The Morgan fingerprint density at radius 1 is 1.39 bits per heavy atom. The Morgan fingerprint density at radius 2 is 2.00 bits per heavy atom. The second-order valence-corrected chi connectivity index (χ2v) is 3.86. The first kappa shape index (κ1) is 14.5. The van der Waals surface area contributed by atoms with Crippen molar-refractivity contribution >= 4 is 5.91 Å². The van der Waals surface area contributed by atoms with E-state index in [0.717, 1.165) is 12.1 Å². The third-order valence-corrected chi connectivity index (χ3v) is 2.34. The van der Waals surface area contributed by atoms with Gasteiger partial charge < -0.3 is 15.8 Å². The number of benzene rings is 1. The standard InChI is InChI=1S/C12H16F2N2O2/c1-18-7-11(2-3-15)16-12(17)8-4-9(13)6-10(14)5-8/h4-6,11H,2-3,7,15H2,1H3,(H,16,17). The maximum atomic E-state index is 13.0. The summed E-state index contributed by atoms with van der Waals surface area (Å²) in [5, 5.41) is 2.61. The van der Waals surface area contributed by atoms with Crippen molar-refractivity contribution in [1.82, 2.24) is 5.32 Å². The molecule has 1 rings (SSSR count). The summed E-state index contributed by atoms with van der Waals surface area (Å²) in [5.41, 5.74) is 5.33. The molecule has 1 unspecified atom stereocenters. The Kier molecular flexibility index (Phi) is 5.67. The number of carbonyl (C=O) groups is 1. The van der Waals surface area contributed by atoms with Gasteiger partial charge in [0.25, 0.3) is 5.91 Å². The van der Waals surface area contributed by atoms with Crippen molar-refractivity contribution in [1.29, 1.82) is 0 Å². The summed E-state index contributed by atoms with van der Waals surface area (Å²) < 4.78 is 30.8. The molecule has 18 heavy (non-hydrogen) atoms. The van der Waals surface area contributed by atoms with Crippen LogP contribution in [0.5, 0.6) is 0 Å². The van der Waals surface area contributed by atoms with Crippen molar-refractivity contribution in [2.24, 2.45) is 5.73 Å². The van der Waals surface area contributed by atoms with Crippen molar-refractivity contribution in [2.75, 3.05) is 20.3 Å². The maximum Gasteiger partial charge on any atom is 0.251 e. The molecule has 0 saturated carbocycles. The van der Waals surface area contributed by atoms with Crippen LogP contribution in [0.4, 0.5) is 8.78 Å². The van der Waals surface area contributed by atoms with Gasteiger partial charge in [0.1, 0.15) is 11.6 Å². The quantitative estimate of drug-likeness (QED) is 0.802. The van der Waals surface area contributed by atoms with Gasteiger partial charge in [-0.05, 0) is 25.1 Å². The van der Waals surface area contributed by atoms with Crippen molar-refractivity contribution < 1.29 is 18.3 Å². The highest BCUT2D eigenvalue weighted by molar-refractivity contribution is 5.94. The molecule has 0 saturated heterocycles. The van der Waals surface area contributed by atoms with Crippen LogP contribution in [0.3, 0.4) is 0 Å². The topological polar surface area (TPSA) is 64.3 Å². The summed E-state index contributed by atoms with van der Waals surface area (Å²) in [6, 6.07) is 2.39. The minimum Gasteiger partial charge on any atom is -0.383 e. The Labute approximate surface area is 104 Å². The van der Waals surface area contributed by atoms with Crippen LogP contribution in [0, 0.1) is 11.6 Å². The molecule has 100 valence electrons. The van der Waals surface area contributed by atoms with Crippen LogP contribution >= 0.6 is 0 Å². The molecule has 0 aliphatic carbocycles. The molecule has 0 fully saturated rings. The lowest BCUT2D eigenvalue weighted by atomic mass is 10.1. The lowest BCUT2D eigenvalue weighted by Gasteiger charge is -2.17. The first-order chi connectivity index (χ1) is 8.56. The van der Waals surface area contributed by atoms with Crippen LogP contribution in [0.25, 0.3) is 0 Å². The molecule has 0 bridgehead atoms. The predicted octanol–water partition coefficient (Wildman–Crippen LogP) is 1.06. The van der Waals surface area contributed by atoms with E-state index in [-0.39, 0.29) is 11.6 Å². The molecule has 1 amide bonds. The second-order valence-electron chi connectivity index (χ2n) is 3.86. The molecule has 0 heterocycles. The molecule has 1 aromatic rings. The van der Waals surface area contributed by atoms with Gasteiger partial charge in [-0.2, -0.15) is 0 Å². The lowest BCUT2D eigenvalue weighted by molar-refractivity contribution is 0.0892. The van der Waals surface area contributed by atoms with Crippen LogP contribution < -0.4 is 11.1 Å². The van der Waals surface area contributed by atoms with Crippen LogP contribution in [0.15, 0.2) is 18.2 Å². The summed E-state index contributed by atoms with van der Waals surface area (Å²) in [6.45, 7) is 0.673. The SMILES string of the molecule is COCC(CCN)NC(=O)c1cc(F)cc(F)c1. The van der Waals surface area contributed by atoms with Gasteiger partial charge in [0, 0.05) is 18.7 Å². The highest BCUT2D eigenvalue weighted by Crippen LogP contribution is 2.08. The maximum absolute atomic E-state index is 13.0. The van der Waals surface area contributed by atoms with E-state index in [4.69, 9.17) is 10.5 Å². The summed E-state index contributed by atoms with van der Waals surface area (Å²) in [5.74, 6) is -2.13. The fraction of sp³-hybridized carbons (Fsp3) is 0.417. The fourth-order valence-electron chi connectivity index (χ4n) is 1.55. The monoisotopic (exact) mass is 258 g/mol. The third-order valence-electron chi connectivity index (χ3n) is 2.34. The first-order valence-electron chi connectivity index (χ1n) is 5.52.